The summed E-state index contributed by atoms with van der Waals surface area (Å²) in [6.07, 6.45) is 6.42. The van der Waals surface area contributed by atoms with Crippen molar-refractivity contribution in [2.75, 3.05) is 14.2 Å². The summed E-state index contributed by atoms with van der Waals surface area (Å²) in [6.45, 7) is 0.616. The molecule has 1 saturated carbocycles. The van der Waals surface area contributed by atoms with Gasteiger partial charge in [0.2, 0.25) is 11.7 Å². The highest BCUT2D eigenvalue weighted by Crippen LogP contribution is 2.31. The second-order valence-corrected chi connectivity index (χ2v) is 5.80. The third-order valence-electron chi connectivity index (χ3n) is 4.26. The van der Waals surface area contributed by atoms with E-state index in [9.17, 15) is 0 Å². The number of methoxy groups -OCH3 is 2. The van der Waals surface area contributed by atoms with Gasteiger partial charge >= 0.3 is 0 Å². The minimum Gasteiger partial charge on any atom is -0.493 e. The van der Waals surface area contributed by atoms with E-state index in [1.807, 2.05) is 18.2 Å². The summed E-state index contributed by atoms with van der Waals surface area (Å²) in [5, 5.41) is 7.56. The SMILES string of the molecule is COc1ccc(-c2noc(CNC3CCCCC3)n2)cc1OC. The molecule has 1 N–H and O–H groups in total. The van der Waals surface area contributed by atoms with Gasteiger partial charge in [0.25, 0.3) is 0 Å². The van der Waals surface area contributed by atoms with Crippen molar-refractivity contribution in [3.63, 3.8) is 0 Å². The van der Waals surface area contributed by atoms with E-state index in [-0.39, 0.29) is 0 Å². The third kappa shape index (κ3) is 3.82. The standard InChI is InChI=1S/C17H23N3O3/c1-21-14-9-8-12(10-15(14)22-2)17-19-16(23-20-17)11-18-13-6-4-3-5-7-13/h8-10,13,18H,3-7,11H2,1-2H3. The van der Waals surface area contributed by atoms with E-state index >= 15 is 0 Å². The highest BCUT2D eigenvalue weighted by molar-refractivity contribution is 5.60. The Kier molecular flexibility index (Phi) is 5.12. The molecule has 0 atom stereocenters. The minimum absolute atomic E-state index is 0.561. The second-order valence-electron chi connectivity index (χ2n) is 5.80. The number of aromatic nitrogens is 2. The first-order valence-electron chi connectivity index (χ1n) is 8.08. The number of benzene rings is 1. The first-order valence-corrected chi connectivity index (χ1v) is 8.08. The summed E-state index contributed by atoms with van der Waals surface area (Å²) in [7, 11) is 3.22. The maximum Gasteiger partial charge on any atom is 0.240 e. The van der Waals surface area contributed by atoms with Crippen LogP contribution in [0, 0.1) is 0 Å². The van der Waals surface area contributed by atoms with Crippen molar-refractivity contribution in [2.45, 2.75) is 44.7 Å². The van der Waals surface area contributed by atoms with Crippen molar-refractivity contribution in [1.29, 1.82) is 0 Å². The molecule has 1 aliphatic rings. The molecular formula is C17H23N3O3. The van der Waals surface area contributed by atoms with Crippen LogP contribution in [0.1, 0.15) is 38.0 Å². The predicted molar refractivity (Wildman–Crippen MR) is 86.6 cm³/mol. The number of hydrogen-bond acceptors (Lipinski definition) is 6. The van der Waals surface area contributed by atoms with Crippen LogP contribution in [0.4, 0.5) is 0 Å². The quantitative estimate of drug-likeness (QED) is 0.882. The zero-order valence-corrected chi connectivity index (χ0v) is 13.7. The van der Waals surface area contributed by atoms with Gasteiger partial charge in [-0.2, -0.15) is 4.98 Å². The maximum absolute atomic E-state index is 5.34. The molecule has 1 fully saturated rings. The van der Waals surface area contributed by atoms with Gasteiger partial charge in [0.15, 0.2) is 11.5 Å². The number of nitrogens with one attached hydrogen (secondary N) is 1. The van der Waals surface area contributed by atoms with Crippen LogP contribution in [0.2, 0.25) is 0 Å². The largest absolute Gasteiger partial charge is 0.493 e. The van der Waals surface area contributed by atoms with Crippen molar-refractivity contribution in [3.8, 4) is 22.9 Å². The van der Waals surface area contributed by atoms with E-state index in [4.69, 9.17) is 14.0 Å². The predicted octanol–water partition coefficient (Wildman–Crippen LogP) is 3.18. The molecule has 23 heavy (non-hydrogen) atoms. The Morgan fingerprint density at radius 3 is 2.65 bits per heavy atom. The molecule has 1 heterocycles. The van der Waals surface area contributed by atoms with Gasteiger partial charge in [-0.3, -0.25) is 0 Å². The van der Waals surface area contributed by atoms with Crippen LogP contribution >= 0.6 is 0 Å². The van der Waals surface area contributed by atoms with Gasteiger partial charge in [-0.1, -0.05) is 24.4 Å². The van der Waals surface area contributed by atoms with E-state index in [1.54, 1.807) is 14.2 Å². The van der Waals surface area contributed by atoms with Crippen LogP contribution < -0.4 is 14.8 Å². The fourth-order valence-corrected chi connectivity index (χ4v) is 2.96. The zero-order valence-electron chi connectivity index (χ0n) is 13.7. The highest BCUT2D eigenvalue weighted by atomic mass is 16.5. The van der Waals surface area contributed by atoms with Crippen LogP contribution in [0.25, 0.3) is 11.4 Å². The smallest absolute Gasteiger partial charge is 0.240 e. The van der Waals surface area contributed by atoms with Gasteiger partial charge in [-0.25, -0.2) is 0 Å². The Hall–Kier alpha value is -2.08. The number of ether oxygens (including phenoxy) is 2. The number of hydrogen-bond donors (Lipinski definition) is 1. The van der Waals surface area contributed by atoms with Crippen molar-refractivity contribution in [2.24, 2.45) is 0 Å². The van der Waals surface area contributed by atoms with Crippen molar-refractivity contribution in [3.05, 3.63) is 24.1 Å². The molecule has 0 radical (unpaired) electrons. The van der Waals surface area contributed by atoms with Gasteiger partial charge in [0.05, 0.1) is 20.8 Å². The van der Waals surface area contributed by atoms with E-state index < -0.39 is 0 Å². The zero-order chi connectivity index (χ0) is 16.1. The summed E-state index contributed by atoms with van der Waals surface area (Å²) in [6, 6.07) is 6.15. The van der Waals surface area contributed by atoms with Crippen LogP contribution in [0.3, 0.4) is 0 Å². The minimum atomic E-state index is 0.561. The lowest BCUT2D eigenvalue weighted by molar-refractivity contribution is 0.327. The average Bonchev–Trinajstić information content (AvgIpc) is 3.09. The molecule has 0 bridgehead atoms. The van der Waals surface area contributed by atoms with Crippen LogP contribution in [-0.4, -0.2) is 30.4 Å². The summed E-state index contributed by atoms with van der Waals surface area (Å²) < 4.78 is 15.9. The number of rotatable bonds is 6. The molecule has 2 aromatic rings. The van der Waals surface area contributed by atoms with Crippen molar-refractivity contribution < 1.29 is 14.0 Å². The molecule has 0 amide bonds. The lowest BCUT2D eigenvalue weighted by Gasteiger charge is -2.21. The Labute approximate surface area is 136 Å². The summed E-state index contributed by atoms with van der Waals surface area (Å²) in [5.41, 5.74) is 0.843. The molecule has 6 heteroatoms. The molecule has 6 nitrogen and oxygen atoms in total. The van der Waals surface area contributed by atoms with Gasteiger partial charge in [-0.05, 0) is 31.0 Å². The van der Waals surface area contributed by atoms with E-state index in [0.29, 0.717) is 35.8 Å². The molecule has 1 aromatic carbocycles. The van der Waals surface area contributed by atoms with Gasteiger partial charge in [0, 0.05) is 11.6 Å². The Bertz CT molecular complexity index is 636. The Balaban J connectivity index is 1.66. The molecule has 3 rings (SSSR count). The van der Waals surface area contributed by atoms with E-state index in [2.05, 4.69) is 15.5 Å². The van der Waals surface area contributed by atoms with Crippen molar-refractivity contribution in [1.82, 2.24) is 15.5 Å². The lowest BCUT2D eigenvalue weighted by Crippen LogP contribution is -2.30. The molecule has 0 spiro atoms. The van der Waals surface area contributed by atoms with Gasteiger partial charge in [0.1, 0.15) is 0 Å². The van der Waals surface area contributed by atoms with E-state index in [1.165, 1.54) is 32.1 Å². The average molecular weight is 317 g/mol. The van der Waals surface area contributed by atoms with E-state index in [0.717, 1.165) is 5.56 Å². The molecule has 1 aliphatic carbocycles. The topological polar surface area (TPSA) is 69.4 Å². The summed E-state index contributed by atoms with van der Waals surface area (Å²) >= 11 is 0. The fourth-order valence-electron chi connectivity index (χ4n) is 2.96. The lowest BCUT2D eigenvalue weighted by atomic mass is 9.95. The summed E-state index contributed by atoms with van der Waals surface area (Å²) in [5.74, 6) is 2.50. The van der Waals surface area contributed by atoms with Crippen molar-refractivity contribution >= 4 is 0 Å². The summed E-state index contributed by atoms with van der Waals surface area (Å²) in [4.78, 5) is 4.46. The van der Waals surface area contributed by atoms with Gasteiger partial charge < -0.3 is 19.3 Å². The second kappa shape index (κ2) is 7.46. The van der Waals surface area contributed by atoms with Crippen LogP contribution in [0.15, 0.2) is 22.7 Å². The monoisotopic (exact) mass is 317 g/mol. The molecular weight excluding hydrogens is 294 g/mol. The van der Waals surface area contributed by atoms with Crippen LogP contribution in [0.5, 0.6) is 11.5 Å². The van der Waals surface area contributed by atoms with Gasteiger partial charge in [-0.15, -0.1) is 0 Å². The third-order valence-corrected chi connectivity index (χ3v) is 4.26. The molecule has 124 valence electrons. The van der Waals surface area contributed by atoms with Crippen LogP contribution in [-0.2, 0) is 6.54 Å². The normalized spacial score (nSPS) is 15.6. The maximum atomic E-state index is 5.34. The molecule has 1 aromatic heterocycles. The first kappa shape index (κ1) is 15.8. The fraction of sp³-hybridized carbons (Fsp3) is 0.529. The highest BCUT2D eigenvalue weighted by Gasteiger charge is 2.15. The molecule has 0 unspecified atom stereocenters. The first-order chi connectivity index (χ1) is 11.3. The Morgan fingerprint density at radius 1 is 1.13 bits per heavy atom. The molecule has 0 aliphatic heterocycles. The molecule has 0 saturated heterocycles. The number of nitrogens with zero attached hydrogens (tertiary/aromatic N) is 2. The Morgan fingerprint density at radius 2 is 1.91 bits per heavy atom.